The van der Waals surface area contributed by atoms with Crippen molar-refractivity contribution in [3.05, 3.63) is 0 Å². The van der Waals surface area contributed by atoms with Crippen LogP contribution in [-0.4, -0.2) is 145 Å². The molecule has 1 aliphatic heterocycles. The summed E-state index contributed by atoms with van der Waals surface area (Å²) in [5.74, 6) is -4.56. The molecule has 1 unspecified atom stereocenters. The molecule has 0 aromatic rings. The largest absolute Gasteiger partial charge is 2.00 e. The average molecular weight is 635 g/mol. The van der Waals surface area contributed by atoms with Gasteiger partial charge in [0.05, 0.1) is 13.2 Å². The van der Waals surface area contributed by atoms with Crippen LogP contribution in [-0.2, 0) is 24.0 Å². The monoisotopic (exact) mass is 634 g/mol. The summed E-state index contributed by atoms with van der Waals surface area (Å²) in [6.45, 7) is 5.21. The van der Waals surface area contributed by atoms with Crippen molar-refractivity contribution < 1.29 is 64.2 Å². The summed E-state index contributed by atoms with van der Waals surface area (Å²) >= 11 is 0. The minimum absolute atomic E-state index is 0. The van der Waals surface area contributed by atoms with Gasteiger partial charge in [-0.15, -0.1) is 0 Å². The Morgan fingerprint density at radius 1 is 0.857 bits per heavy atom. The zero-order valence-corrected chi connectivity index (χ0v) is 25.9. The first-order chi connectivity index (χ1) is 18.7. The van der Waals surface area contributed by atoms with Crippen LogP contribution in [0.5, 0.6) is 0 Å². The van der Waals surface area contributed by atoms with Crippen LogP contribution in [0.4, 0.5) is 9.59 Å². The van der Waals surface area contributed by atoms with Gasteiger partial charge in [-0.1, -0.05) is 27.7 Å². The zero-order valence-electron chi connectivity index (χ0n) is 23.7. The summed E-state index contributed by atoms with van der Waals surface area (Å²) in [4.78, 5) is 73.8. The van der Waals surface area contributed by atoms with Gasteiger partial charge in [0, 0.05) is 48.7 Å². The second-order valence-electron chi connectivity index (χ2n) is 9.83. The van der Waals surface area contributed by atoms with Gasteiger partial charge in [0.2, 0.25) is 11.8 Å². The van der Waals surface area contributed by atoms with E-state index in [2.05, 4.69) is 16.0 Å². The molecule has 1 heterocycles. The molecule has 20 heteroatoms. The van der Waals surface area contributed by atoms with Gasteiger partial charge in [-0.05, 0) is 0 Å². The maximum atomic E-state index is 11.2. The van der Waals surface area contributed by atoms with Crippen molar-refractivity contribution in [2.45, 2.75) is 58.9 Å². The molecular weight excluding hydrogens is 596 g/mol. The fourth-order valence-electron chi connectivity index (χ4n) is 2.31. The molecule has 0 radical (unpaired) electrons. The van der Waals surface area contributed by atoms with Crippen molar-refractivity contribution in [1.82, 2.24) is 26.6 Å². The van der Waals surface area contributed by atoms with Gasteiger partial charge in [-0.2, -0.15) is 0 Å². The number of hydrogen-bond acceptors (Lipinski definition) is 13. The summed E-state index contributed by atoms with van der Waals surface area (Å²) in [5.41, 5.74) is 2.79. The molecule has 11 N–H and O–H groups in total. The van der Waals surface area contributed by atoms with Crippen LogP contribution in [0, 0.1) is 10.8 Å². The van der Waals surface area contributed by atoms with Crippen LogP contribution in [0.15, 0.2) is 0 Å². The van der Waals surface area contributed by atoms with Crippen LogP contribution in [0.1, 0.15) is 40.5 Å². The average Bonchev–Trinajstić information content (AvgIpc) is 3.18. The smallest absolute Gasteiger partial charge is 0.550 e. The first-order valence-corrected chi connectivity index (χ1v) is 11.9. The molecule has 1 aliphatic rings. The van der Waals surface area contributed by atoms with E-state index in [4.69, 9.17) is 15.9 Å². The third-order valence-corrected chi connectivity index (χ3v) is 5.11. The number of urea groups is 2. The summed E-state index contributed by atoms with van der Waals surface area (Å²) in [7, 11) is 0. The Kier molecular flexibility index (Phi) is 21.8. The van der Waals surface area contributed by atoms with Gasteiger partial charge >= 0.3 is 49.8 Å². The number of aliphatic hydroxyl groups excluding tert-OH is 4. The van der Waals surface area contributed by atoms with E-state index in [1.54, 1.807) is 0 Å². The molecule has 1 saturated heterocycles. The fourth-order valence-corrected chi connectivity index (χ4v) is 2.31. The zero-order chi connectivity index (χ0) is 32.6. The number of carboxylic acids is 2. The van der Waals surface area contributed by atoms with Crippen molar-refractivity contribution in [2.24, 2.45) is 16.6 Å². The molecule has 0 bridgehead atoms. The molecule has 3 atom stereocenters. The molecule has 0 spiro atoms. The molecule has 7 amide bonds. The van der Waals surface area contributed by atoms with Gasteiger partial charge in [0.1, 0.15) is 12.2 Å². The third-order valence-electron chi connectivity index (χ3n) is 5.11. The standard InChI is InChI=1S/2C9H17NO5.C4H6N4O3.Ca/c2*1-9(2,5-11)7(14)8(15)10-4-3-6(12)13;5-3(10)6-1-2(9)8-4(11)7-1;/h2*7,11,14H,3-5H2,1-2H3,(H,10,15)(H,12,13);1H,(H3,5,6,10)(H2,7,8,9,11);/q;;;+2/p-2/t2*7-;;/m00../s1. The third kappa shape index (κ3) is 18.6. The number of amides is 7. The predicted octanol–water partition coefficient (Wildman–Crippen LogP) is -7.32. The van der Waals surface area contributed by atoms with Crippen molar-refractivity contribution >= 4 is 79.5 Å². The SMILES string of the molecule is CC(C)(CO)[C@@H](O)C(=O)NCCC(=O)[O-].CC(C)(CO)[C@@H](O)C(=O)NCCC(=O)[O-].NC(=O)NC1NC(=O)NC1=O.[Ca+2]. The van der Waals surface area contributed by atoms with E-state index < -0.39 is 70.9 Å². The Labute approximate surface area is 271 Å². The van der Waals surface area contributed by atoms with E-state index in [0.29, 0.717) is 0 Å². The van der Waals surface area contributed by atoms with Crippen molar-refractivity contribution in [3.63, 3.8) is 0 Å². The number of rotatable bonds is 13. The molecule has 0 aliphatic carbocycles. The Morgan fingerprint density at radius 3 is 1.45 bits per heavy atom. The van der Waals surface area contributed by atoms with E-state index in [1.807, 2.05) is 10.6 Å². The number of imide groups is 1. The second-order valence-corrected chi connectivity index (χ2v) is 9.83. The summed E-state index contributed by atoms with van der Waals surface area (Å²) in [6.07, 6.45) is -4.40. The Bertz CT molecular complexity index is 898. The molecule has 0 aromatic carbocycles. The number of carboxylic acid groups (broad SMARTS) is 2. The summed E-state index contributed by atoms with van der Waals surface area (Å²) < 4.78 is 0. The fraction of sp³-hybridized carbons (Fsp3) is 0.682. The van der Waals surface area contributed by atoms with Crippen LogP contribution in [0.25, 0.3) is 0 Å². The van der Waals surface area contributed by atoms with Crippen LogP contribution in [0.3, 0.4) is 0 Å². The van der Waals surface area contributed by atoms with Crippen molar-refractivity contribution in [3.8, 4) is 0 Å². The van der Waals surface area contributed by atoms with E-state index in [0.717, 1.165) is 0 Å². The van der Waals surface area contributed by atoms with Crippen LogP contribution >= 0.6 is 0 Å². The van der Waals surface area contributed by atoms with E-state index >= 15 is 0 Å². The number of nitrogens with one attached hydrogen (secondary N) is 5. The van der Waals surface area contributed by atoms with E-state index in [9.17, 15) is 54.0 Å². The van der Waals surface area contributed by atoms with Crippen molar-refractivity contribution in [1.29, 1.82) is 0 Å². The molecule has 42 heavy (non-hydrogen) atoms. The number of aliphatic hydroxyl groups is 4. The molecule has 236 valence electrons. The Morgan fingerprint density at radius 2 is 1.21 bits per heavy atom. The maximum Gasteiger partial charge on any atom is 2.00 e. The second kappa shape index (κ2) is 21.0. The topological polar surface area (TPSA) is 333 Å². The van der Waals surface area contributed by atoms with Gasteiger partial charge in [0.15, 0.2) is 6.17 Å². The molecule has 1 fully saturated rings. The van der Waals surface area contributed by atoms with Crippen LogP contribution in [0.2, 0.25) is 0 Å². The first-order valence-electron chi connectivity index (χ1n) is 11.9. The number of hydrogen-bond donors (Lipinski definition) is 10. The molecule has 19 nitrogen and oxygen atoms in total. The summed E-state index contributed by atoms with van der Waals surface area (Å²) in [6, 6.07) is -1.51. The predicted molar refractivity (Wildman–Crippen MR) is 138 cm³/mol. The summed E-state index contributed by atoms with van der Waals surface area (Å²) in [5, 5.41) is 67.3. The molecule has 1 rings (SSSR count). The Balaban J connectivity index is -0.000000543. The number of carbonyl (C=O) groups excluding carboxylic acids is 7. The number of primary amides is 1. The molecule has 0 aromatic heterocycles. The number of carbonyl (C=O) groups is 7. The van der Waals surface area contributed by atoms with E-state index in [-0.39, 0.29) is 76.9 Å². The minimum Gasteiger partial charge on any atom is -0.550 e. The molecule has 0 saturated carbocycles. The Hall–Kier alpha value is -2.81. The first kappa shape index (κ1) is 43.6. The van der Waals surface area contributed by atoms with E-state index in [1.165, 1.54) is 27.7 Å². The van der Waals surface area contributed by atoms with Gasteiger partial charge in [-0.25, -0.2) is 9.59 Å². The number of aliphatic carboxylic acids is 2. The van der Waals surface area contributed by atoms with Gasteiger partial charge in [-0.3, -0.25) is 19.7 Å². The van der Waals surface area contributed by atoms with Crippen molar-refractivity contribution in [2.75, 3.05) is 26.3 Å². The van der Waals surface area contributed by atoms with Crippen LogP contribution < -0.4 is 42.5 Å². The molecular formula is C22H38CaN6O13. The number of nitrogens with two attached hydrogens (primary N) is 1. The minimum atomic E-state index is -1.37. The quantitative estimate of drug-likeness (QED) is 0.0665. The maximum absolute atomic E-state index is 11.2. The van der Waals surface area contributed by atoms with Gasteiger partial charge in [0.25, 0.3) is 5.91 Å². The normalized spacial score (nSPS) is 15.4. The van der Waals surface area contributed by atoms with Gasteiger partial charge < -0.3 is 67.2 Å².